The molecule has 0 aliphatic heterocycles. The molecule has 0 radical (unpaired) electrons. The maximum Gasteiger partial charge on any atom is 0.238 e. The number of fused-ring (bicyclic) bond motifs is 6. The minimum absolute atomic E-state index is 0.558. The Morgan fingerprint density at radius 1 is 0.338 bits per heavy atom. The molecule has 8 nitrogen and oxygen atoms in total. The van der Waals surface area contributed by atoms with Gasteiger partial charge in [-0.15, -0.1) is 11.3 Å². The summed E-state index contributed by atoms with van der Waals surface area (Å²) in [5.74, 6) is 1.79. The quantitative estimate of drug-likeness (QED) is 0.136. The number of para-hydroxylation sites is 2. The van der Waals surface area contributed by atoms with Crippen LogP contribution in [0.3, 0.4) is 0 Å². The molecule has 348 valence electrons. The lowest BCUT2D eigenvalue weighted by Crippen LogP contribution is -2.08. The van der Waals surface area contributed by atoms with Gasteiger partial charge in [0.15, 0.2) is 11.6 Å². The zero-order valence-corrected chi connectivity index (χ0v) is 40.6. The van der Waals surface area contributed by atoms with Crippen molar-refractivity contribution in [1.29, 1.82) is 0 Å². The van der Waals surface area contributed by atoms with Crippen LogP contribution in [0.1, 0.15) is 0 Å². The molecule has 0 bridgehead atoms. The minimum Gasteiger partial charge on any atom is -0.309 e. The Balaban J connectivity index is 0.949. The molecule has 6 aromatic heterocycles. The van der Waals surface area contributed by atoms with Crippen LogP contribution in [0.2, 0.25) is 0 Å². The average molecular weight is 967 g/mol. The van der Waals surface area contributed by atoms with Gasteiger partial charge in [-0.25, -0.2) is 4.98 Å². The number of rotatable bonds is 10. The fourth-order valence-electron chi connectivity index (χ4n) is 10.3. The van der Waals surface area contributed by atoms with Crippen LogP contribution < -0.4 is 4.90 Å². The smallest absolute Gasteiger partial charge is 0.238 e. The van der Waals surface area contributed by atoms with Crippen LogP contribution in [0.25, 0.3) is 111 Å². The van der Waals surface area contributed by atoms with E-state index in [9.17, 15) is 0 Å². The Bertz CT molecular complexity index is 4220. The molecule has 74 heavy (non-hydrogen) atoms. The fraction of sp³-hybridized carbons (Fsp3) is 0. The summed E-state index contributed by atoms with van der Waals surface area (Å²) in [6.45, 7) is 0. The van der Waals surface area contributed by atoms with Gasteiger partial charge in [0.05, 0.1) is 33.5 Å². The van der Waals surface area contributed by atoms with Crippen LogP contribution in [0, 0.1) is 0 Å². The summed E-state index contributed by atoms with van der Waals surface area (Å²) in [6, 6.07) is 85.0. The second-order valence-corrected chi connectivity index (χ2v) is 19.2. The summed E-state index contributed by atoms with van der Waals surface area (Å²) in [6.07, 6.45) is 3.69. The number of pyridine rings is 2. The van der Waals surface area contributed by atoms with E-state index in [1.165, 1.54) is 0 Å². The molecule has 14 rings (SSSR count). The van der Waals surface area contributed by atoms with Crippen molar-refractivity contribution in [2.24, 2.45) is 0 Å². The largest absolute Gasteiger partial charge is 0.309 e. The lowest BCUT2D eigenvalue weighted by Gasteiger charge is -2.24. The zero-order valence-electron chi connectivity index (χ0n) is 39.7. The van der Waals surface area contributed by atoms with Gasteiger partial charge in [0.1, 0.15) is 5.00 Å². The first-order valence-electron chi connectivity index (χ1n) is 24.6. The highest BCUT2D eigenvalue weighted by Gasteiger charge is 2.23. The Labute approximate surface area is 430 Å². The topological polar surface area (TPSA) is 77.5 Å². The molecular formula is C65H42N8S. The molecule has 0 saturated carbocycles. The summed E-state index contributed by atoms with van der Waals surface area (Å²) >= 11 is 1.77. The SMILES string of the molecule is c1ccc(-c2nc(-c3ccccc3)nc(-n3c4ccccc4c4cc5c6cc(-c7ccc(N(c8cccc(-c9ccccn9)c8)c8cccc(-c9ccccn9)c8)s7)ccc6n(-c6ccccc6)c5cc43)n2)cc1. The van der Waals surface area contributed by atoms with E-state index in [4.69, 9.17) is 24.9 Å². The summed E-state index contributed by atoms with van der Waals surface area (Å²) in [5, 5.41) is 5.63. The van der Waals surface area contributed by atoms with Crippen LogP contribution in [0.5, 0.6) is 0 Å². The first kappa shape index (κ1) is 43.0. The third-order valence-corrected chi connectivity index (χ3v) is 14.8. The van der Waals surface area contributed by atoms with E-state index in [1.807, 2.05) is 73.1 Å². The summed E-state index contributed by atoms with van der Waals surface area (Å²) in [7, 11) is 0. The minimum atomic E-state index is 0.558. The third kappa shape index (κ3) is 7.58. The summed E-state index contributed by atoms with van der Waals surface area (Å²) in [4.78, 5) is 28.4. The molecule has 0 fully saturated rings. The van der Waals surface area contributed by atoms with Crippen molar-refractivity contribution in [3.63, 3.8) is 0 Å². The first-order chi connectivity index (χ1) is 36.7. The molecule has 0 spiro atoms. The van der Waals surface area contributed by atoms with Gasteiger partial charge in [0.2, 0.25) is 5.95 Å². The van der Waals surface area contributed by atoms with Crippen LogP contribution >= 0.6 is 11.3 Å². The lowest BCUT2D eigenvalue weighted by molar-refractivity contribution is 0.953. The second-order valence-electron chi connectivity index (χ2n) is 18.2. The van der Waals surface area contributed by atoms with Gasteiger partial charge >= 0.3 is 0 Å². The number of benzene rings is 8. The number of hydrogen-bond acceptors (Lipinski definition) is 7. The Hall–Kier alpha value is -9.83. The van der Waals surface area contributed by atoms with Gasteiger partial charge in [0, 0.05) is 78.1 Å². The average Bonchev–Trinajstić information content (AvgIpc) is 4.19. The number of anilines is 3. The first-order valence-corrected chi connectivity index (χ1v) is 25.4. The summed E-state index contributed by atoms with van der Waals surface area (Å²) in [5.41, 5.74) is 14.3. The Morgan fingerprint density at radius 3 is 1.51 bits per heavy atom. The van der Waals surface area contributed by atoms with Gasteiger partial charge in [0.25, 0.3) is 0 Å². The van der Waals surface area contributed by atoms with Gasteiger partial charge in [-0.05, 0) is 109 Å². The van der Waals surface area contributed by atoms with E-state index < -0.39 is 0 Å². The molecule has 8 aromatic carbocycles. The molecule has 6 heterocycles. The molecule has 0 aliphatic rings. The van der Waals surface area contributed by atoms with E-state index in [2.05, 4.69) is 196 Å². The third-order valence-electron chi connectivity index (χ3n) is 13.7. The van der Waals surface area contributed by atoms with E-state index in [-0.39, 0.29) is 0 Å². The maximum atomic E-state index is 5.24. The Morgan fingerprint density at radius 2 is 0.878 bits per heavy atom. The van der Waals surface area contributed by atoms with Crippen molar-refractivity contribution in [3.05, 3.63) is 255 Å². The van der Waals surface area contributed by atoms with Crippen molar-refractivity contribution in [3.8, 4) is 67.4 Å². The van der Waals surface area contributed by atoms with Gasteiger partial charge in [-0.1, -0.05) is 140 Å². The van der Waals surface area contributed by atoms with Crippen molar-refractivity contribution < 1.29 is 0 Å². The number of nitrogens with zero attached hydrogens (tertiary/aromatic N) is 8. The van der Waals surface area contributed by atoms with Crippen LogP contribution in [0.15, 0.2) is 255 Å². The molecule has 0 unspecified atom stereocenters. The molecule has 0 aliphatic carbocycles. The predicted octanol–water partition coefficient (Wildman–Crippen LogP) is 16.7. The highest BCUT2D eigenvalue weighted by molar-refractivity contribution is 7.19. The number of aromatic nitrogens is 7. The van der Waals surface area contributed by atoms with Crippen molar-refractivity contribution in [2.45, 2.75) is 0 Å². The lowest BCUT2D eigenvalue weighted by atomic mass is 10.1. The fourth-order valence-corrected chi connectivity index (χ4v) is 11.3. The molecule has 0 N–H and O–H groups in total. The van der Waals surface area contributed by atoms with Crippen molar-refractivity contribution in [2.75, 3.05) is 4.90 Å². The molecule has 0 saturated heterocycles. The number of hydrogen-bond donors (Lipinski definition) is 0. The van der Waals surface area contributed by atoms with Gasteiger partial charge in [-0.2, -0.15) is 9.97 Å². The van der Waals surface area contributed by atoms with E-state index in [1.54, 1.807) is 11.3 Å². The predicted molar refractivity (Wildman–Crippen MR) is 304 cm³/mol. The van der Waals surface area contributed by atoms with Gasteiger partial charge in [-0.3, -0.25) is 14.5 Å². The van der Waals surface area contributed by atoms with E-state index in [0.29, 0.717) is 17.6 Å². The highest BCUT2D eigenvalue weighted by atomic mass is 32.1. The summed E-state index contributed by atoms with van der Waals surface area (Å²) < 4.78 is 4.60. The number of thiophene rings is 1. The highest BCUT2D eigenvalue weighted by Crippen LogP contribution is 2.46. The van der Waals surface area contributed by atoms with Crippen LogP contribution in [0.4, 0.5) is 16.4 Å². The second kappa shape index (κ2) is 18.1. The standard InChI is InChI=1S/C65H42N8S/c1-4-18-43(19-5-1)63-68-64(44-20-6-2-7-21-44)70-65(69-63)73-57-31-11-10-28-51(57)53-41-54-52-40-47(32-33-58(52)72(59(54)42-60(53)73)48-24-8-3-9-25-48)61-34-35-62(74-61)71(49-26-16-22-45(38-49)55-29-12-14-36-66-55)50-27-17-23-46(39-50)56-30-13-15-37-67-56/h1-42H. The molecule has 0 atom stereocenters. The zero-order chi connectivity index (χ0) is 49.0. The maximum absolute atomic E-state index is 5.24. The van der Waals surface area contributed by atoms with E-state index >= 15 is 0 Å². The Kier molecular flexibility index (Phi) is 10.5. The monoisotopic (exact) mass is 966 g/mol. The van der Waals surface area contributed by atoms with Crippen molar-refractivity contribution in [1.82, 2.24) is 34.1 Å². The van der Waals surface area contributed by atoms with Gasteiger partial charge < -0.3 is 9.47 Å². The van der Waals surface area contributed by atoms with E-state index in [0.717, 1.165) is 110 Å². The van der Waals surface area contributed by atoms with Crippen LogP contribution in [-0.2, 0) is 0 Å². The molecule has 9 heteroatoms. The molecular weight excluding hydrogens is 925 g/mol. The van der Waals surface area contributed by atoms with Crippen molar-refractivity contribution >= 4 is 71.3 Å². The van der Waals surface area contributed by atoms with Crippen LogP contribution in [-0.4, -0.2) is 34.1 Å². The normalized spacial score (nSPS) is 11.5. The molecule has 14 aromatic rings. The molecule has 0 amide bonds.